The maximum Gasteiger partial charge on any atom is 0.326 e. The molecule has 1 fully saturated rings. The molecular formula is C25H28N2O5. The molecule has 2 N–H and O–H groups in total. The number of ether oxygens (including phenoxy) is 1. The second-order valence-electron chi connectivity index (χ2n) is 9.12. The van der Waals surface area contributed by atoms with Gasteiger partial charge in [0.05, 0.1) is 13.2 Å². The maximum absolute atomic E-state index is 12.8. The summed E-state index contributed by atoms with van der Waals surface area (Å²) in [5.41, 5.74) is 4.69. The summed E-state index contributed by atoms with van der Waals surface area (Å²) in [6, 6.07) is 12.9. The van der Waals surface area contributed by atoms with E-state index in [0.717, 1.165) is 11.1 Å². The van der Waals surface area contributed by atoms with Gasteiger partial charge in [0.15, 0.2) is 0 Å². The Labute approximate surface area is 187 Å². The van der Waals surface area contributed by atoms with Crippen LogP contribution in [0.15, 0.2) is 42.5 Å². The first-order valence-corrected chi connectivity index (χ1v) is 10.8. The van der Waals surface area contributed by atoms with Crippen molar-refractivity contribution in [3.63, 3.8) is 0 Å². The van der Waals surface area contributed by atoms with Crippen molar-refractivity contribution in [1.29, 1.82) is 0 Å². The standard InChI is InChI=1S/C25H28N2O5/c1-15-17-6-4-5-7-18(17)19-9-8-16(10-20(15)19)23(29)26-12-22(28)27-13-25(2,14-32-3)11-21(27)24(30)31/h4-10,15,21H,11-14H2,1-3H3,(H,26,29)(H,30,31)/t15?,21-,25-/m0/s1. The number of fused-ring (bicyclic) bond motifs is 3. The summed E-state index contributed by atoms with van der Waals surface area (Å²) in [6.45, 7) is 4.41. The summed E-state index contributed by atoms with van der Waals surface area (Å²) in [4.78, 5) is 38.6. The smallest absolute Gasteiger partial charge is 0.326 e. The highest BCUT2D eigenvalue weighted by Crippen LogP contribution is 2.44. The number of carbonyl (C=O) groups is 3. The van der Waals surface area contributed by atoms with E-state index in [1.165, 1.54) is 16.0 Å². The molecule has 0 radical (unpaired) electrons. The van der Waals surface area contributed by atoms with Crippen molar-refractivity contribution in [1.82, 2.24) is 10.2 Å². The highest BCUT2D eigenvalue weighted by Gasteiger charge is 2.46. The van der Waals surface area contributed by atoms with Crippen LogP contribution < -0.4 is 5.32 Å². The van der Waals surface area contributed by atoms with Gasteiger partial charge < -0.3 is 20.1 Å². The van der Waals surface area contributed by atoms with E-state index < -0.39 is 23.3 Å². The lowest BCUT2D eigenvalue weighted by Crippen LogP contribution is -2.45. The molecule has 2 aliphatic rings. The van der Waals surface area contributed by atoms with Crippen molar-refractivity contribution < 1.29 is 24.2 Å². The van der Waals surface area contributed by atoms with E-state index in [4.69, 9.17) is 4.74 Å². The van der Waals surface area contributed by atoms with Gasteiger partial charge >= 0.3 is 5.97 Å². The van der Waals surface area contributed by atoms with Gasteiger partial charge in [0.2, 0.25) is 5.91 Å². The second-order valence-corrected chi connectivity index (χ2v) is 9.12. The molecule has 2 amide bonds. The molecule has 7 nitrogen and oxygen atoms in total. The quantitative estimate of drug-likeness (QED) is 0.726. The largest absolute Gasteiger partial charge is 0.480 e. The summed E-state index contributed by atoms with van der Waals surface area (Å²) in [5.74, 6) is -1.62. The Morgan fingerprint density at radius 2 is 1.88 bits per heavy atom. The predicted molar refractivity (Wildman–Crippen MR) is 119 cm³/mol. The number of carboxylic acid groups (broad SMARTS) is 1. The SMILES string of the molecule is COC[C@@]1(C)C[C@@H](C(=O)O)N(C(=O)CNC(=O)c2ccc3c(c2)C(C)c2ccccc2-3)C1. The number of hydrogen-bond acceptors (Lipinski definition) is 4. The van der Waals surface area contributed by atoms with Crippen molar-refractivity contribution in [3.8, 4) is 11.1 Å². The van der Waals surface area contributed by atoms with Crippen LogP contribution >= 0.6 is 0 Å². The fraction of sp³-hybridized carbons (Fsp3) is 0.400. The van der Waals surface area contributed by atoms with Crippen molar-refractivity contribution in [2.75, 3.05) is 26.8 Å². The molecule has 7 heteroatoms. The Hall–Kier alpha value is -3.19. The molecule has 1 saturated heterocycles. The minimum Gasteiger partial charge on any atom is -0.480 e. The van der Waals surface area contributed by atoms with Crippen LogP contribution in [0.4, 0.5) is 0 Å². The van der Waals surface area contributed by atoms with E-state index in [1.807, 2.05) is 31.2 Å². The van der Waals surface area contributed by atoms with Crippen LogP contribution in [0.3, 0.4) is 0 Å². The summed E-state index contributed by atoms with van der Waals surface area (Å²) >= 11 is 0. The normalized spacial score (nSPS) is 23.5. The molecule has 1 aliphatic heterocycles. The lowest BCUT2D eigenvalue weighted by atomic mass is 9.89. The number of carbonyl (C=O) groups excluding carboxylic acids is 2. The molecule has 2 aromatic carbocycles. The van der Waals surface area contributed by atoms with Crippen LogP contribution in [0.25, 0.3) is 11.1 Å². The Kier molecular flexibility index (Phi) is 5.77. The number of rotatable bonds is 6. The number of benzene rings is 2. The van der Waals surface area contributed by atoms with Gasteiger partial charge in [-0.25, -0.2) is 4.79 Å². The zero-order chi connectivity index (χ0) is 23.0. The molecule has 0 bridgehead atoms. The highest BCUT2D eigenvalue weighted by atomic mass is 16.5. The van der Waals surface area contributed by atoms with Crippen LogP contribution in [0.1, 0.15) is 47.7 Å². The summed E-state index contributed by atoms with van der Waals surface area (Å²) in [5, 5.41) is 12.2. The van der Waals surface area contributed by atoms with Crippen molar-refractivity contribution >= 4 is 17.8 Å². The first-order chi connectivity index (χ1) is 15.2. The summed E-state index contributed by atoms with van der Waals surface area (Å²) < 4.78 is 5.21. The average molecular weight is 437 g/mol. The summed E-state index contributed by atoms with van der Waals surface area (Å²) in [7, 11) is 1.56. The van der Waals surface area contributed by atoms with Gasteiger partial charge in [-0.2, -0.15) is 0 Å². The van der Waals surface area contributed by atoms with Crippen LogP contribution in [0.5, 0.6) is 0 Å². The first kappa shape index (κ1) is 22.0. The van der Waals surface area contributed by atoms with Gasteiger partial charge in [-0.3, -0.25) is 9.59 Å². The van der Waals surface area contributed by atoms with E-state index in [9.17, 15) is 19.5 Å². The van der Waals surface area contributed by atoms with Crippen molar-refractivity contribution in [2.45, 2.75) is 32.2 Å². The number of carboxylic acids is 1. The van der Waals surface area contributed by atoms with E-state index in [1.54, 1.807) is 13.2 Å². The van der Waals surface area contributed by atoms with Crippen LogP contribution in [-0.2, 0) is 14.3 Å². The number of nitrogens with one attached hydrogen (secondary N) is 1. The monoisotopic (exact) mass is 436 g/mol. The molecule has 0 saturated carbocycles. The van der Waals surface area contributed by atoms with Crippen LogP contribution in [0.2, 0.25) is 0 Å². The third kappa shape index (κ3) is 3.88. The van der Waals surface area contributed by atoms with Gasteiger partial charge in [0.25, 0.3) is 5.91 Å². The van der Waals surface area contributed by atoms with E-state index >= 15 is 0 Å². The maximum atomic E-state index is 12.8. The van der Waals surface area contributed by atoms with Gasteiger partial charge in [0.1, 0.15) is 6.04 Å². The lowest BCUT2D eigenvalue weighted by Gasteiger charge is -2.24. The third-order valence-electron chi connectivity index (χ3n) is 6.61. The molecule has 168 valence electrons. The summed E-state index contributed by atoms with van der Waals surface area (Å²) in [6.07, 6.45) is 0.319. The zero-order valence-electron chi connectivity index (χ0n) is 18.6. The third-order valence-corrected chi connectivity index (χ3v) is 6.61. The Morgan fingerprint density at radius 1 is 1.16 bits per heavy atom. The fourth-order valence-corrected chi connectivity index (χ4v) is 5.05. The number of methoxy groups -OCH3 is 1. The van der Waals surface area contributed by atoms with Gasteiger partial charge in [-0.05, 0) is 40.8 Å². The lowest BCUT2D eigenvalue weighted by molar-refractivity contribution is -0.147. The van der Waals surface area contributed by atoms with E-state index in [-0.39, 0.29) is 24.9 Å². The van der Waals surface area contributed by atoms with E-state index in [0.29, 0.717) is 18.6 Å². The number of hydrogen-bond donors (Lipinski definition) is 2. The molecule has 1 unspecified atom stereocenters. The van der Waals surface area contributed by atoms with Crippen molar-refractivity contribution in [3.05, 3.63) is 59.2 Å². The Bertz CT molecular complexity index is 1080. The molecular weight excluding hydrogens is 408 g/mol. The van der Waals surface area contributed by atoms with Gasteiger partial charge in [0, 0.05) is 30.6 Å². The minimum absolute atomic E-state index is 0.190. The van der Waals surface area contributed by atoms with E-state index in [2.05, 4.69) is 24.4 Å². The Balaban J connectivity index is 1.44. The number of nitrogens with zero attached hydrogens (tertiary/aromatic N) is 1. The molecule has 0 spiro atoms. The van der Waals surface area contributed by atoms with Crippen LogP contribution in [-0.4, -0.2) is 60.6 Å². The van der Waals surface area contributed by atoms with Crippen LogP contribution in [0, 0.1) is 5.41 Å². The zero-order valence-corrected chi connectivity index (χ0v) is 18.6. The molecule has 0 aromatic heterocycles. The molecule has 4 rings (SSSR count). The fourth-order valence-electron chi connectivity index (χ4n) is 5.05. The molecule has 32 heavy (non-hydrogen) atoms. The first-order valence-electron chi connectivity index (χ1n) is 10.8. The molecule has 1 aliphatic carbocycles. The molecule has 2 aromatic rings. The second kappa shape index (κ2) is 8.39. The Morgan fingerprint density at radius 3 is 2.59 bits per heavy atom. The van der Waals surface area contributed by atoms with Gasteiger partial charge in [-0.1, -0.05) is 44.2 Å². The minimum atomic E-state index is -1.04. The molecule has 1 heterocycles. The predicted octanol–water partition coefficient (Wildman–Crippen LogP) is 2.89. The topological polar surface area (TPSA) is 95.9 Å². The average Bonchev–Trinajstić information content (AvgIpc) is 3.27. The molecule has 3 atom stereocenters. The number of likely N-dealkylation sites (tertiary alicyclic amines) is 1. The van der Waals surface area contributed by atoms with Gasteiger partial charge in [-0.15, -0.1) is 0 Å². The number of amides is 2. The van der Waals surface area contributed by atoms with Crippen molar-refractivity contribution in [2.24, 2.45) is 5.41 Å². The highest BCUT2D eigenvalue weighted by molar-refractivity contribution is 5.98. The number of aliphatic carboxylic acids is 1.